The van der Waals surface area contributed by atoms with Crippen LogP contribution < -0.4 is 10.6 Å². The third-order valence-electron chi connectivity index (χ3n) is 3.14. The molecule has 0 heterocycles. The Bertz CT molecular complexity index is 817. The third-order valence-corrected chi connectivity index (χ3v) is 3.14. The molecule has 0 spiro atoms. The van der Waals surface area contributed by atoms with Gasteiger partial charge in [-0.2, -0.15) is 0 Å². The molecule has 2 aromatic carbocycles. The molecule has 0 unspecified atom stereocenters. The van der Waals surface area contributed by atoms with Gasteiger partial charge in [-0.05, 0) is 42.5 Å². The van der Waals surface area contributed by atoms with Crippen LogP contribution >= 0.6 is 0 Å². The molecular formula is C18H16N2O5. The van der Waals surface area contributed by atoms with Crippen molar-refractivity contribution in [3.63, 3.8) is 0 Å². The second-order valence-corrected chi connectivity index (χ2v) is 4.91. The van der Waals surface area contributed by atoms with Gasteiger partial charge in [-0.3, -0.25) is 4.79 Å². The fourth-order valence-electron chi connectivity index (χ4n) is 1.95. The summed E-state index contributed by atoms with van der Waals surface area (Å²) in [4.78, 5) is 34.2. The lowest BCUT2D eigenvalue weighted by Gasteiger charge is -2.09. The maximum atomic E-state index is 12.0. The van der Waals surface area contributed by atoms with Crippen LogP contribution in [0.1, 0.15) is 20.7 Å². The van der Waals surface area contributed by atoms with Crippen molar-refractivity contribution in [2.75, 3.05) is 17.4 Å². The third kappa shape index (κ3) is 5.21. The minimum atomic E-state index is -1.04. The molecule has 0 aromatic heterocycles. The molecule has 0 aliphatic heterocycles. The molecular weight excluding hydrogens is 324 g/mol. The van der Waals surface area contributed by atoms with Crippen LogP contribution in [-0.4, -0.2) is 29.7 Å². The van der Waals surface area contributed by atoms with Crippen molar-refractivity contribution in [3.05, 3.63) is 72.3 Å². The average molecular weight is 340 g/mol. The number of carboxylic acids is 1. The topological polar surface area (TPSA) is 105 Å². The minimum absolute atomic E-state index is 0.127. The van der Waals surface area contributed by atoms with Crippen molar-refractivity contribution in [1.82, 2.24) is 0 Å². The number of anilines is 2. The van der Waals surface area contributed by atoms with Crippen LogP contribution in [0.2, 0.25) is 0 Å². The number of hydrogen-bond donors (Lipinski definition) is 3. The number of amides is 1. The van der Waals surface area contributed by atoms with Gasteiger partial charge < -0.3 is 20.5 Å². The predicted molar refractivity (Wildman–Crippen MR) is 92.6 cm³/mol. The summed E-state index contributed by atoms with van der Waals surface area (Å²) in [6.45, 7) is 3.22. The lowest BCUT2D eigenvalue weighted by Crippen LogP contribution is -2.13. The summed E-state index contributed by atoms with van der Waals surface area (Å²) in [5, 5.41) is 14.3. The number of carbonyl (C=O) groups is 3. The summed E-state index contributed by atoms with van der Waals surface area (Å²) >= 11 is 0. The maximum Gasteiger partial charge on any atom is 0.339 e. The largest absolute Gasteiger partial charge is 0.478 e. The molecule has 7 nitrogen and oxygen atoms in total. The van der Waals surface area contributed by atoms with E-state index in [9.17, 15) is 14.4 Å². The van der Waals surface area contributed by atoms with Crippen LogP contribution in [0, 0.1) is 0 Å². The van der Waals surface area contributed by atoms with Gasteiger partial charge in [-0.1, -0.05) is 18.7 Å². The molecule has 128 valence electrons. The normalized spacial score (nSPS) is 9.76. The minimum Gasteiger partial charge on any atom is -0.478 e. The molecule has 2 aromatic rings. The predicted octanol–water partition coefficient (Wildman–Crippen LogP) is 2.74. The zero-order valence-corrected chi connectivity index (χ0v) is 13.2. The highest BCUT2D eigenvalue weighted by Gasteiger charge is 2.09. The summed E-state index contributed by atoms with van der Waals surface area (Å²) in [6, 6.07) is 12.4. The molecule has 0 aliphatic carbocycles. The van der Waals surface area contributed by atoms with Crippen molar-refractivity contribution in [3.8, 4) is 0 Å². The highest BCUT2D eigenvalue weighted by Crippen LogP contribution is 2.13. The van der Waals surface area contributed by atoms with E-state index in [4.69, 9.17) is 9.84 Å². The van der Waals surface area contributed by atoms with Crippen LogP contribution in [0.15, 0.2) is 61.2 Å². The average Bonchev–Trinajstić information content (AvgIpc) is 2.62. The first kappa shape index (κ1) is 17.7. The number of hydrogen-bond acceptors (Lipinski definition) is 5. The Balaban J connectivity index is 1.93. The van der Waals surface area contributed by atoms with Crippen LogP contribution in [0.5, 0.6) is 0 Å². The SMILES string of the molecule is C=CC(=O)Nc1cccc(C(=O)OCNc2cccc(C(=O)O)c2)c1. The number of carbonyl (C=O) groups excluding carboxylic acids is 2. The molecule has 1 amide bonds. The van der Waals surface area contributed by atoms with E-state index in [1.165, 1.54) is 18.2 Å². The second kappa shape index (κ2) is 8.30. The Morgan fingerprint density at radius 2 is 1.68 bits per heavy atom. The van der Waals surface area contributed by atoms with Crippen molar-refractivity contribution in [2.45, 2.75) is 0 Å². The monoisotopic (exact) mass is 340 g/mol. The number of aromatic carboxylic acids is 1. The molecule has 0 bridgehead atoms. The van der Waals surface area contributed by atoms with E-state index in [2.05, 4.69) is 17.2 Å². The molecule has 0 aliphatic rings. The van der Waals surface area contributed by atoms with Crippen molar-refractivity contribution >= 4 is 29.2 Å². The Morgan fingerprint density at radius 1 is 1.04 bits per heavy atom. The zero-order valence-electron chi connectivity index (χ0n) is 13.2. The summed E-state index contributed by atoms with van der Waals surface area (Å²) in [6.07, 6.45) is 1.13. The first-order valence-electron chi connectivity index (χ1n) is 7.27. The van der Waals surface area contributed by atoms with Crippen molar-refractivity contribution in [1.29, 1.82) is 0 Å². The highest BCUT2D eigenvalue weighted by molar-refractivity contribution is 6.00. The first-order chi connectivity index (χ1) is 12.0. The van der Waals surface area contributed by atoms with Gasteiger partial charge in [-0.15, -0.1) is 0 Å². The number of nitrogens with one attached hydrogen (secondary N) is 2. The molecule has 0 saturated heterocycles. The Labute approximate surface area is 143 Å². The number of rotatable bonds is 7. The van der Waals surface area contributed by atoms with Crippen molar-refractivity contribution in [2.24, 2.45) is 0 Å². The zero-order chi connectivity index (χ0) is 18.2. The molecule has 0 atom stereocenters. The van der Waals surface area contributed by atoms with Gasteiger partial charge in [0.2, 0.25) is 5.91 Å². The fourth-order valence-corrected chi connectivity index (χ4v) is 1.95. The molecule has 3 N–H and O–H groups in total. The van der Waals surface area contributed by atoms with E-state index >= 15 is 0 Å². The van der Waals surface area contributed by atoms with Gasteiger partial charge in [0.1, 0.15) is 0 Å². The number of esters is 1. The van der Waals surface area contributed by atoms with Gasteiger partial charge >= 0.3 is 11.9 Å². The smallest absolute Gasteiger partial charge is 0.339 e. The lowest BCUT2D eigenvalue weighted by atomic mass is 10.2. The quantitative estimate of drug-likeness (QED) is 0.407. The molecule has 0 radical (unpaired) electrons. The van der Waals surface area contributed by atoms with E-state index in [-0.39, 0.29) is 23.8 Å². The second-order valence-electron chi connectivity index (χ2n) is 4.91. The highest BCUT2D eigenvalue weighted by atomic mass is 16.5. The van der Waals surface area contributed by atoms with E-state index in [1.54, 1.807) is 30.3 Å². The Morgan fingerprint density at radius 3 is 2.36 bits per heavy atom. The molecule has 0 fully saturated rings. The van der Waals surface area contributed by atoms with Crippen LogP contribution in [0.4, 0.5) is 11.4 Å². The Kier molecular flexibility index (Phi) is 5.89. The van der Waals surface area contributed by atoms with Gasteiger partial charge in [0.25, 0.3) is 0 Å². The number of benzene rings is 2. The molecule has 2 rings (SSSR count). The summed E-state index contributed by atoms with van der Waals surface area (Å²) in [5.74, 6) is -2.01. The van der Waals surface area contributed by atoms with Crippen LogP contribution in [0.3, 0.4) is 0 Å². The van der Waals surface area contributed by atoms with E-state index < -0.39 is 11.9 Å². The fraction of sp³-hybridized carbons (Fsp3) is 0.0556. The number of ether oxygens (including phenoxy) is 1. The summed E-state index contributed by atoms with van der Waals surface area (Å²) in [7, 11) is 0. The van der Waals surface area contributed by atoms with Crippen LogP contribution in [-0.2, 0) is 9.53 Å². The van der Waals surface area contributed by atoms with Gasteiger partial charge in [0, 0.05) is 11.4 Å². The Hall–Kier alpha value is -3.61. The van der Waals surface area contributed by atoms with Crippen molar-refractivity contribution < 1.29 is 24.2 Å². The van der Waals surface area contributed by atoms with Gasteiger partial charge in [0.05, 0.1) is 11.1 Å². The lowest BCUT2D eigenvalue weighted by molar-refractivity contribution is -0.111. The molecule has 25 heavy (non-hydrogen) atoms. The van der Waals surface area contributed by atoms with Gasteiger partial charge in [0.15, 0.2) is 6.73 Å². The van der Waals surface area contributed by atoms with Gasteiger partial charge in [-0.25, -0.2) is 9.59 Å². The van der Waals surface area contributed by atoms with Crippen LogP contribution in [0.25, 0.3) is 0 Å². The summed E-state index contributed by atoms with van der Waals surface area (Å²) < 4.78 is 5.09. The molecule has 7 heteroatoms. The maximum absolute atomic E-state index is 12.0. The van der Waals surface area contributed by atoms with E-state index in [0.717, 1.165) is 6.08 Å². The standard InChI is InChI=1S/C18H16N2O5/c1-2-16(21)20-15-8-4-6-13(10-15)18(24)25-11-19-14-7-3-5-12(9-14)17(22)23/h2-10,19H,1,11H2,(H,20,21)(H,22,23). The van der Waals surface area contributed by atoms with E-state index in [1.807, 2.05) is 0 Å². The van der Waals surface area contributed by atoms with E-state index in [0.29, 0.717) is 11.4 Å². The molecule has 0 saturated carbocycles. The number of carboxylic acid groups (broad SMARTS) is 1. The summed E-state index contributed by atoms with van der Waals surface area (Å²) in [5.41, 5.74) is 1.35. The first-order valence-corrected chi connectivity index (χ1v) is 7.27.